The summed E-state index contributed by atoms with van der Waals surface area (Å²) in [4.78, 5) is 23.2. The smallest absolute Gasteiger partial charge is 0.219 e. The Morgan fingerprint density at radius 3 is 2.52 bits per heavy atom. The molecule has 0 aliphatic carbocycles. The summed E-state index contributed by atoms with van der Waals surface area (Å²) in [7, 11) is 0. The molecule has 2 aliphatic heterocycles. The van der Waals surface area contributed by atoms with E-state index in [0.29, 0.717) is 0 Å². The van der Waals surface area contributed by atoms with E-state index in [9.17, 15) is 9.18 Å². The zero-order chi connectivity index (χ0) is 20.4. The van der Waals surface area contributed by atoms with E-state index in [4.69, 9.17) is 4.98 Å². The normalized spacial score (nSPS) is 20.3. The first-order chi connectivity index (χ1) is 14.0. The average Bonchev–Trinajstić information content (AvgIpc) is 3.17. The van der Waals surface area contributed by atoms with Crippen LogP contribution in [0.5, 0.6) is 0 Å². The summed E-state index contributed by atoms with van der Waals surface area (Å²) in [6.07, 6.45) is 2.24. The van der Waals surface area contributed by atoms with Crippen LogP contribution in [0.15, 0.2) is 36.4 Å². The van der Waals surface area contributed by atoms with Crippen molar-refractivity contribution in [2.45, 2.75) is 39.3 Å². The zero-order valence-electron chi connectivity index (χ0n) is 17.3. The van der Waals surface area contributed by atoms with E-state index >= 15 is 0 Å². The van der Waals surface area contributed by atoms with Crippen molar-refractivity contribution in [2.24, 2.45) is 0 Å². The van der Waals surface area contributed by atoms with Gasteiger partial charge in [0.25, 0.3) is 0 Å². The van der Waals surface area contributed by atoms with E-state index < -0.39 is 0 Å². The first-order valence-electron chi connectivity index (χ1n) is 10.5. The predicted octanol–water partition coefficient (Wildman–Crippen LogP) is 3.53. The molecular weight excluding hydrogens is 367 g/mol. The summed E-state index contributed by atoms with van der Waals surface area (Å²) in [5.74, 6) is -0.0415. The summed E-state index contributed by atoms with van der Waals surface area (Å²) < 4.78 is 13.2. The minimum Gasteiger partial charge on any atom is -0.368 e. The molecule has 0 N–H and O–H groups in total. The van der Waals surface area contributed by atoms with E-state index in [1.54, 1.807) is 6.92 Å². The van der Waals surface area contributed by atoms with Crippen LogP contribution in [-0.2, 0) is 11.3 Å². The van der Waals surface area contributed by atoms with Gasteiger partial charge in [0.1, 0.15) is 5.82 Å². The van der Waals surface area contributed by atoms with Gasteiger partial charge < -0.3 is 9.80 Å². The van der Waals surface area contributed by atoms with Gasteiger partial charge in [-0.1, -0.05) is 12.1 Å². The van der Waals surface area contributed by atoms with E-state index in [-0.39, 0.29) is 17.8 Å². The Labute approximate surface area is 172 Å². The highest BCUT2D eigenvalue weighted by Crippen LogP contribution is 2.34. The van der Waals surface area contributed by atoms with E-state index in [0.717, 1.165) is 69.1 Å². The van der Waals surface area contributed by atoms with Crippen LogP contribution in [0.4, 0.5) is 10.1 Å². The molecule has 2 aromatic rings. The fraction of sp³-hybridized carbons (Fsp3) is 0.478. The molecule has 5 nitrogen and oxygen atoms in total. The molecule has 29 heavy (non-hydrogen) atoms. The molecule has 6 heteroatoms. The van der Waals surface area contributed by atoms with Crippen molar-refractivity contribution in [2.75, 3.05) is 37.6 Å². The molecule has 0 saturated carbocycles. The van der Waals surface area contributed by atoms with Crippen molar-refractivity contribution in [1.82, 2.24) is 14.8 Å². The van der Waals surface area contributed by atoms with Crippen molar-refractivity contribution in [3.63, 3.8) is 0 Å². The van der Waals surface area contributed by atoms with Crippen LogP contribution in [0.3, 0.4) is 0 Å². The first-order valence-corrected chi connectivity index (χ1v) is 10.5. The Bertz CT molecular complexity index is 862. The van der Waals surface area contributed by atoms with Gasteiger partial charge in [-0.25, -0.2) is 4.39 Å². The van der Waals surface area contributed by atoms with Gasteiger partial charge in [-0.05, 0) is 56.1 Å². The lowest BCUT2D eigenvalue weighted by Gasteiger charge is -2.36. The average molecular weight is 397 g/mol. The number of pyridine rings is 1. The number of carbonyl (C=O) groups excluding carboxylic acids is 1. The van der Waals surface area contributed by atoms with Gasteiger partial charge in [-0.2, -0.15) is 0 Å². The molecule has 0 bridgehead atoms. The Morgan fingerprint density at radius 2 is 1.83 bits per heavy atom. The third-order valence-electron chi connectivity index (χ3n) is 6.05. The van der Waals surface area contributed by atoms with E-state index in [1.807, 2.05) is 17.0 Å². The lowest BCUT2D eigenvalue weighted by atomic mass is 10.1. The second kappa shape index (κ2) is 8.49. The largest absolute Gasteiger partial charge is 0.368 e. The Morgan fingerprint density at radius 1 is 1.10 bits per heavy atom. The van der Waals surface area contributed by atoms with E-state index in [1.165, 1.54) is 17.8 Å². The number of rotatable bonds is 4. The lowest BCUT2D eigenvalue weighted by Crippen LogP contribution is -2.48. The van der Waals surface area contributed by atoms with Crippen LogP contribution in [0.1, 0.15) is 42.8 Å². The lowest BCUT2D eigenvalue weighted by molar-refractivity contribution is -0.129. The summed E-state index contributed by atoms with van der Waals surface area (Å²) in [5, 5.41) is 0. The number of piperazine rings is 1. The number of hydrogen-bond donors (Lipinski definition) is 0. The number of carbonyl (C=O) groups is 1. The molecule has 0 spiro atoms. The molecule has 0 unspecified atom stereocenters. The van der Waals surface area contributed by atoms with Crippen molar-refractivity contribution < 1.29 is 9.18 Å². The minimum atomic E-state index is -0.193. The zero-order valence-corrected chi connectivity index (χ0v) is 17.3. The van der Waals surface area contributed by atoms with Crippen LogP contribution in [0.25, 0.3) is 0 Å². The Balaban J connectivity index is 1.50. The SMILES string of the molecule is CC(=O)N1CCN(c2cc(C)nc([C@@H]3CCCN3Cc3ccc(F)cc3)c2)CC1. The summed E-state index contributed by atoms with van der Waals surface area (Å²) in [6.45, 7) is 8.78. The molecule has 0 radical (unpaired) electrons. The fourth-order valence-corrected chi connectivity index (χ4v) is 4.48. The number of anilines is 1. The topological polar surface area (TPSA) is 39.7 Å². The van der Waals surface area contributed by atoms with Gasteiger partial charge in [-0.3, -0.25) is 14.7 Å². The third kappa shape index (κ3) is 4.58. The van der Waals surface area contributed by atoms with Crippen molar-refractivity contribution in [3.05, 3.63) is 59.2 Å². The molecule has 2 aliphatic rings. The van der Waals surface area contributed by atoms with Crippen LogP contribution >= 0.6 is 0 Å². The molecule has 2 saturated heterocycles. The number of likely N-dealkylation sites (tertiary alicyclic amines) is 1. The molecule has 4 rings (SSSR count). The maximum absolute atomic E-state index is 13.2. The highest BCUT2D eigenvalue weighted by atomic mass is 19.1. The Hall–Kier alpha value is -2.47. The predicted molar refractivity (Wildman–Crippen MR) is 112 cm³/mol. The van der Waals surface area contributed by atoms with Crippen molar-refractivity contribution in [3.8, 4) is 0 Å². The second-order valence-electron chi connectivity index (χ2n) is 8.14. The fourth-order valence-electron chi connectivity index (χ4n) is 4.48. The number of amides is 1. The van der Waals surface area contributed by atoms with Crippen molar-refractivity contribution in [1.29, 1.82) is 0 Å². The molecule has 1 aromatic heterocycles. The molecule has 154 valence electrons. The summed E-state index contributed by atoms with van der Waals surface area (Å²) in [5.41, 5.74) is 4.48. The highest BCUT2D eigenvalue weighted by molar-refractivity contribution is 5.73. The van der Waals surface area contributed by atoms with Crippen LogP contribution in [0.2, 0.25) is 0 Å². The number of benzene rings is 1. The van der Waals surface area contributed by atoms with Crippen LogP contribution in [0, 0.1) is 12.7 Å². The van der Waals surface area contributed by atoms with Crippen LogP contribution in [-0.4, -0.2) is 53.4 Å². The molecule has 2 fully saturated rings. The van der Waals surface area contributed by atoms with Gasteiger partial charge >= 0.3 is 0 Å². The summed E-state index contributed by atoms with van der Waals surface area (Å²) >= 11 is 0. The van der Waals surface area contributed by atoms with Gasteiger partial charge in [0.2, 0.25) is 5.91 Å². The number of aromatic nitrogens is 1. The standard InChI is InChI=1S/C23H29FN4O/c1-17-14-21(27-12-10-26(11-13-27)18(2)29)15-22(25-17)23-4-3-9-28(23)16-19-5-7-20(24)8-6-19/h5-8,14-15,23H,3-4,9-13,16H2,1-2H3/t23-/m0/s1. The minimum absolute atomic E-state index is 0.152. The maximum Gasteiger partial charge on any atom is 0.219 e. The van der Waals surface area contributed by atoms with Gasteiger partial charge in [0.15, 0.2) is 0 Å². The second-order valence-corrected chi connectivity index (χ2v) is 8.14. The number of halogens is 1. The Kier molecular flexibility index (Phi) is 5.81. The molecule has 3 heterocycles. The van der Waals surface area contributed by atoms with Crippen molar-refractivity contribution >= 4 is 11.6 Å². The quantitative estimate of drug-likeness (QED) is 0.793. The monoisotopic (exact) mass is 396 g/mol. The molecule has 1 atom stereocenters. The maximum atomic E-state index is 13.2. The molecule has 1 aromatic carbocycles. The van der Waals surface area contributed by atoms with Crippen LogP contribution < -0.4 is 4.90 Å². The van der Waals surface area contributed by atoms with Gasteiger partial charge in [0, 0.05) is 51.0 Å². The number of nitrogens with zero attached hydrogens (tertiary/aromatic N) is 4. The number of aryl methyl sites for hydroxylation is 1. The third-order valence-corrected chi connectivity index (χ3v) is 6.05. The van der Waals surface area contributed by atoms with E-state index in [2.05, 4.69) is 28.9 Å². The first kappa shape index (κ1) is 19.8. The van der Waals surface area contributed by atoms with Gasteiger partial charge in [-0.15, -0.1) is 0 Å². The molecular formula is C23H29FN4O. The van der Waals surface area contributed by atoms with Gasteiger partial charge in [0.05, 0.1) is 11.7 Å². The summed E-state index contributed by atoms with van der Waals surface area (Å²) in [6, 6.07) is 11.5. The molecule has 1 amide bonds. The number of hydrogen-bond acceptors (Lipinski definition) is 4. The highest BCUT2D eigenvalue weighted by Gasteiger charge is 2.28.